The molecule has 0 aliphatic rings. The molecule has 0 fully saturated rings. The van der Waals surface area contributed by atoms with E-state index in [2.05, 4.69) is 23.3 Å². The summed E-state index contributed by atoms with van der Waals surface area (Å²) in [6.07, 6.45) is 3.89. The molecule has 0 aliphatic carbocycles. The number of hydrogen-bond acceptors (Lipinski definition) is 1. The Morgan fingerprint density at radius 2 is 1.67 bits per heavy atom. The first-order valence-corrected chi connectivity index (χ1v) is 5.51. The van der Waals surface area contributed by atoms with E-state index >= 15 is 0 Å². The maximum absolute atomic E-state index is 4.35. The molecule has 3 rings (SSSR count). The number of para-hydroxylation sites is 1. The molecular formula is C15H11IrN2-. The van der Waals surface area contributed by atoms with Crippen molar-refractivity contribution in [3.63, 3.8) is 0 Å². The molecule has 18 heavy (non-hydrogen) atoms. The molecule has 1 radical (unpaired) electrons. The van der Waals surface area contributed by atoms with Gasteiger partial charge in [0.25, 0.3) is 0 Å². The van der Waals surface area contributed by atoms with Gasteiger partial charge >= 0.3 is 0 Å². The summed E-state index contributed by atoms with van der Waals surface area (Å²) in [7, 11) is 0. The first-order chi connectivity index (χ1) is 8.43. The van der Waals surface area contributed by atoms with E-state index in [-0.39, 0.29) is 20.1 Å². The quantitative estimate of drug-likeness (QED) is 0.592. The van der Waals surface area contributed by atoms with Gasteiger partial charge in [-0.15, -0.1) is 6.07 Å². The molecule has 0 atom stereocenters. The first kappa shape index (κ1) is 12.7. The van der Waals surface area contributed by atoms with E-state index in [4.69, 9.17) is 0 Å². The molecule has 2 aromatic carbocycles. The molecule has 0 unspecified atom stereocenters. The van der Waals surface area contributed by atoms with Crippen LogP contribution < -0.4 is 0 Å². The third-order valence-electron chi connectivity index (χ3n) is 2.63. The average molecular weight is 411 g/mol. The number of hydrogen-bond donors (Lipinski definition) is 0. The van der Waals surface area contributed by atoms with Crippen LogP contribution in [-0.4, -0.2) is 9.78 Å². The van der Waals surface area contributed by atoms with Crippen LogP contribution in [0.25, 0.3) is 16.8 Å². The summed E-state index contributed by atoms with van der Waals surface area (Å²) in [5.74, 6) is 0. The van der Waals surface area contributed by atoms with E-state index in [0.29, 0.717) is 0 Å². The Morgan fingerprint density at radius 1 is 0.889 bits per heavy atom. The molecular weight excluding hydrogens is 400 g/mol. The SMILES string of the molecule is [Ir].[c-]1ccccc1-n1cc(-c2ccccc2)cn1. The first-order valence-electron chi connectivity index (χ1n) is 5.51. The van der Waals surface area contributed by atoms with E-state index in [9.17, 15) is 0 Å². The van der Waals surface area contributed by atoms with Gasteiger partial charge in [0.15, 0.2) is 0 Å². The fourth-order valence-electron chi connectivity index (χ4n) is 1.76. The smallest absolute Gasteiger partial charge is 0.0571 e. The van der Waals surface area contributed by atoms with Crippen molar-refractivity contribution in [1.29, 1.82) is 0 Å². The molecule has 91 valence electrons. The van der Waals surface area contributed by atoms with Crippen molar-refractivity contribution in [3.05, 3.63) is 73.1 Å². The maximum atomic E-state index is 4.35. The summed E-state index contributed by atoms with van der Waals surface area (Å²) in [5.41, 5.74) is 3.24. The van der Waals surface area contributed by atoms with Gasteiger partial charge in [-0.05, 0) is 11.3 Å². The van der Waals surface area contributed by atoms with Crippen LogP contribution in [0.5, 0.6) is 0 Å². The van der Waals surface area contributed by atoms with Crippen LogP contribution in [0, 0.1) is 6.07 Å². The Morgan fingerprint density at radius 3 is 2.39 bits per heavy atom. The average Bonchev–Trinajstić information content (AvgIpc) is 2.90. The third-order valence-corrected chi connectivity index (χ3v) is 2.63. The second kappa shape index (κ2) is 5.76. The monoisotopic (exact) mass is 412 g/mol. The van der Waals surface area contributed by atoms with Gasteiger partial charge in [-0.2, -0.15) is 29.4 Å². The van der Waals surface area contributed by atoms with E-state index in [1.165, 1.54) is 5.56 Å². The summed E-state index contributed by atoms with van der Waals surface area (Å²) in [4.78, 5) is 0. The summed E-state index contributed by atoms with van der Waals surface area (Å²) >= 11 is 0. The Hall–Kier alpha value is -1.70. The second-order valence-corrected chi connectivity index (χ2v) is 3.79. The Labute approximate surface area is 120 Å². The molecule has 0 N–H and O–H groups in total. The van der Waals surface area contributed by atoms with Gasteiger partial charge in [-0.3, -0.25) is 4.68 Å². The van der Waals surface area contributed by atoms with Crippen molar-refractivity contribution in [2.24, 2.45) is 0 Å². The maximum Gasteiger partial charge on any atom is 0.0571 e. The molecule has 0 bridgehead atoms. The zero-order valence-corrected chi connectivity index (χ0v) is 12.0. The number of aromatic nitrogens is 2. The molecule has 0 amide bonds. The molecule has 3 aromatic rings. The van der Waals surface area contributed by atoms with Crippen molar-refractivity contribution in [2.75, 3.05) is 0 Å². The molecule has 0 aliphatic heterocycles. The molecule has 0 spiro atoms. The van der Waals surface area contributed by atoms with Crippen LogP contribution in [0.2, 0.25) is 0 Å². The van der Waals surface area contributed by atoms with E-state index in [1.807, 2.05) is 59.5 Å². The Bertz CT molecular complexity index is 549. The molecule has 1 aromatic heterocycles. The predicted octanol–water partition coefficient (Wildman–Crippen LogP) is 3.34. The number of benzene rings is 2. The molecule has 2 nitrogen and oxygen atoms in total. The molecule has 0 saturated heterocycles. The van der Waals surface area contributed by atoms with Crippen molar-refractivity contribution in [2.45, 2.75) is 0 Å². The number of rotatable bonds is 2. The Balaban J connectivity index is 0.00000120. The molecule has 3 heteroatoms. The standard InChI is InChI=1S/C15H11N2.Ir/c1-3-7-13(8-4-1)14-11-16-17(12-14)15-9-5-2-6-10-15;/h1-9,11-12H;/q-1;. The summed E-state index contributed by atoms with van der Waals surface area (Å²) in [6.45, 7) is 0. The molecule has 0 saturated carbocycles. The van der Waals surface area contributed by atoms with Crippen molar-refractivity contribution in [3.8, 4) is 16.8 Å². The zero-order chi connectivity index (χ0) is 11.5. The summed E-state index contributed by atoms with van der Waals surface area (Å²) < 4.78 is 1.84. The largest absolute Gasteiger partial charge is 0.265 e. The van der Waals surface area contributed by atoms with Gasteiger partial charge in [0.1, 0.15) is 0 Å². The Kier molecular flexibility index (Phi) is 4.08. The van der Waals surface area contributed by atoms with Crippen LogP contribution in [-0.2, 0) is 20.1 Å². The normalized spacial score (nSPS) is 9.78. The van der Waals surface area contributed by atoms with E-state index < -0.39 is 0 Å². The van der Waals surface area contributed by atoms with Crippen LogP contribution in [0.4, 0.5) is 0 Å². The fraction of sp³-hybridized carbons (Fsp3) is 0. The van der Waals surface area contributed by atoms with Gasteiger partial charge in [-0.25, -0.2) is 0 Å². The minimum absolute atomic E-state index is 0. The minimum Gasteiger partial charge on any atom is -0.265 e. The van der Waals surface area contributed by atoms with Gasteiger partial charge in [0.05, 0.1) is 6.20 Å². The van der Waals surface area contributed by atoms with Crippen molar-refractivity contribution < 1.29 is 20.1 Å². The summed E-state index contributed by atoms with van der Waals surface area (Å²) in [6, 6.07) is 21.2. The molecule has 1 heterocycles. The predicted molar refractivity (Wildman–Crippen MR) is 67.8 cm³/mol. The van der Waals surface area contributed by atoms with Gasteiger partial charge in [0, 0.05) is 31.9 Å². The van der Waals surface area contributed by atoms with Crippen LogP contribution in [0.1, 0.15) is 0 Å². The minimum atomic E-state index is 0. The second-order valence-electron chi connectivity index (χ2n) is 3.79. The van der Waals surface area contributed by atoms with Crippen LogP contribution in [0.3, 0.4) is 0 Å². The van der Waals surface area contributed by atoms with Crippen LogP contribution in [0.15, 0.2) is 67.0 Å². The number of nitrogens with zero attached hydrogens (tertiary/aromatic N) is 2. The van der Waals surface area contributed by atoms with Crippen molar-refractivity contribution >= 4 is 0 Å². The fourth-order valence-corrected chi connectivity index (χ4v) is 1.76. The van der Waals surface area contributed by atoms with E-state index in [0.717, 1.165) is 11.3 Å². The zero-order valence-electron chi connectivity index (χ0n) is 9.58. The van der Waals surface area contributed by atoms with Gasteiger partial charge < -0.3 is 0 Å². The van der Waals surface area contributed by atoms with Crippen LogP contribution >= 0.6 is 0 Å². The van der Waals surface area contributed by atoms with Gasteiger partial charge in [-0.1, -0.05) is 30.3 Å². The summed E-state index contributed by atoms with van der Waals surface area (Å²) in [5, 5.41) is 4.35. The van der Waals surface area contributed by atoms with Crippen molar-refractivity contribution in [1.82, 2.24) is 9.78 Å². The van der Waals surface area contributed by atoms with E-state index in [1.54, 1.807) is 0 Å². The van der Waals surface area contributed by atoms with Gasteiger partial charge in [0.2, 0.25) is 0 Å². The topological polar surface area (TPSA) is 17.8 Å². The third kappa shape index (κ3) is 2.58.